The molecule has 7 heteroatoms. The molecule has 2 heterocycles. The minimum absolute atomic E-state index is 0.0217. The van der Waals surface area contributed by atoms with Crippen molar-refractivity contribution in [1.29, 1.82) is 0 Å². The number of phenols is 2. The highest BCUT2D eigenvalue weighted by molar-refractivity contribution is 5.90. The van der Waals surface area contributed by atoms with E-state index in [1.54, 1.807) is 18.3 Å². The van der Waals surface area contributed by atoms with E-state index >= 15 is 0 Å². The van der Waals surface area contributed by atoms with E-state index < -0.39 is 22.5 Å². The van der Waals surface area contributed by atoms with Crippen LogP contribution in [0.15, 0.2) is 39.8 Å². The van der Waals surface area contributed by atoms with Crippen LogP contribution in [0.4, 0.5) is 0 Å². The van der Waals surface area contributed by atoms with Gasteiger partial charge >= 0.3 is 0 Å². The number of phenolic OH excluding ortho intramolecular Hbond substituents is 2. The van der Waals surface area contributed by atoms with Crippen LogP contribution in [-0.2, 0) is 6.42 Å². The molecule has 136 valence electrons. The predicted molar refractivity (Wildman–Crippen MR) is 97.3 cm³/mol. The fourth-order valence-electron chi connectivity index (χ4n) is 2.76. The highest BCUT2D eigenvalue weighted by Gasteiger charge is 2.23. The first-order valence-electron chi connectivity index (χ1n) is 8.12. The molecular weight excluding hydrogens is 336 g/mol. The first kappa shape index (κ1) is 17.8. The molecule has 0 aliphatic carbocycles. The van der Waals surface area contributed by atoms with Crippen molar-refractivity contribution in [2.75, 3.05) is 0 Å². The third kappa shape index (κ3) is 3.21. The number of aryl methyl sites for hydroxylation is 1. The van der Waals surface area contributed by atoms with Crippen LogP contribution < -0.4 is 11.2 Å². The molecule has 0 unspecified atom stereocenters. The summed E-state index contributed by atoms with van der Waals surface area (Å²) in [7, 11) is 0. The molecule has 0 fully saturated rings. The third-order valence-electron chi connectivity index (χ3n) is 4.14. The maximum atomic E-state index is 12.6. The van der Waals surface area contributed by atoms with Crippen LogP contribution in [0.2, 0.25) is 0 Å². The van der Waals surface area contributed by atoms with Crippen LogP contribution >= 0.6 is 0 Å². The first-order valence-corrected chi connectivity index (χ1v) is 8.12. The molecule has 0 saturated heterocycles. The Morgan fingerprint density at radius 2 is 1.96 bits per heavy atom. The minimum Gasteiger partial charge on any atom is -0.507 e. The summed E-state index contributed by atoms with van der Waals surface area (Å²) in [6, 6.07) is 4.33. The molecule has 0 spiro atoms. The lowest BCUT2D eigenvalue weighted by molar-refractivity contribution is 0.428. The summed E-state index contributed by atoms with van der Waals surface area (Å²) < 4.78 is 5.77. The Labute approximate surface area is 149 Å². The van der Waals surface area contributed by atoms with Crippen LogP contribution in [0.3, 0.4) is 0 Å². The number of hydrogen-bond donors (Lipinski definition) is 4. The maximum Gasteiger partial charge on any atom is 0.238 e. The average Bonchev–Trinajstić information content (AvgIpc) is 2.57. The second kappa shape index (κ2) is 6.34. The van der Waals surface area contributed by atoms with Crippen molar-refractivity contribution < 1.29 is 19.7 Å². The van der Waals surface area contributed by atoms with Gasteiger partial charge in [-0.1, -0.05) is 0 Å². The molecule has 26 heavy (non-hydrogen) atoms. The number of benzene rings is 1. The molecule has 0 amide bonds. The summed E-state index contributed by atoms with van der Waals surface area (Å²) in [5.74, 6) is -1.37. The van der Waals surface area contributed by atoms with Gasteiger partial charge in [0.05, 0.1) is 0 Å². The third-order valence-corrected chi connectivity index (χ3v) is 4.14. The van der Waals surface area contributed by atoms with Crippen LogP contribution in [0, 0.1) is 0 Å². The summed E-state index contributed by atoms with van der Waals surface area (Å²) in [6.07, 6.45) is 3.82. The molecule has 0 aliphatic rings. The zero-order valence-corrected chi connectivity index (χ0v) is 14.5. The van der Waals surface area contributed by atoms with Gasteiger partial charge < -0.3 is 25.5 Å². The monoisotopic (exact) mass is 356 g/mol. The number of pyridine rings is 1. The normalized spacial score (nSPS) is 11.8. The molecule has 2 aromatic heterocycles. The smallest absolute Gasteiger partial charge is 0.238 e. The number of nitrogens with two attached hydrogens (primary N) is 1. The van der Waals surface area contributed by atoms with Crippen molar-refractivity contribution >= 4 is 11.0 Å². The van der Waals surface area contributed by atoms with Gasteiger partial charge in [0.2, 0.25) is 11.2 Å². The van der Waals surface area contributed by atoms with E-state index in [4.69, 9.17) is 10.2 Å². The van der Waals surface area contributed by atoms with E-state index in [2.05, 4.69) is 4.98 Å². The number of rotatable bonds is 4. The molecule has 0 aliphatic heterocycles. The Morgan fingerprint density at radius 1 is 1.23 bits per heavy atom. The van der Waals surface area contributed by atoms with Gasteiger partial charge in [0.25, 0.3) is 0 Å². The second-order valence-corrected chi connectivity index (χ2v) is 6.94. The van der Waals surface area contributed by atoms with Gasteiger partial charge in [-0.15, -0.1) is 0 Å². The van der Waals surface area contributed by atoms with Crippen molar-refractivity contribution in [3.63, 3.8) is 0 Å². The van der Waals surface area contributed by atoms with Crippen molar-refractivity contribution in [3.8, 4) is 28.6 Å². The van der Waals surface area contributed by atoms with Crippen molar-refractivity contribution in [3.05, 3.63) is 46.4 Å². The fourth-order valence-corrected chi connectivity index (χ4v) is 2.76. The lowest BCUT2D eigenvalue weighted by Crippen LogP contribution is -2.32. The highest BCUT2D eigenvalue weighted by Crippen LogP contribution is 2.38. The number of nitrogens with zero attached hydrogens (tertiary/aromatic N) is 1. The fraction of sp³-hybridized carbons (Fsp3) is 0.263. The van der Waals surface area contributed by atoms with Crippen molar-refractivity contribution in [2.45, 2.75) is 32.2 Å². The highest BCUT2D eigenvalue weighted by atomic mass is 16.4. The van der Waals surface area contributed by atoms with Gasteiger partial charge in [-0.3, -0.25) is 9.78 Å². The first-order chi connectivity index (χ1) is 12.2. The largest absolute Gasteiger partial charge is 0.507 e. The van der Waals surface area contributed by atoms with Gasteiger partial charge in [-0.2, -0.15) is 0 Å². The lowest BCUT2D eigenvalue weighted by Gasteiger charge is -2.19. The van der Waals surface area contributed by atoms with Gasteiger partial charge in [0.1, 0.15) is 22.5 Å². The molecule has 5 N–H and O–H groups in total. The van der Waals surface area contributed by atoms with Gasteiger partial charge in [-0.05, 0) is 38.8 Å². The van der Waals surface area contributed by atoms with E-state index in [1.165, 1.54) is 6.20 Å². The molecule has 3 aromatic rings. The number of aromatic nitrogens is 1. The van der Waals surface area contributed by atoms with Gasteiger partial charge in [0, 0.05) is 35.1 Å². The predicted octanol–water partition coefficient (Wildman–Crippen LogP) is 2.64. The summed E-state index contributed by atoms with van der Waals surface area (Å²) in [4.78, 5) is 16.6. The van der Waals surface area contributed by atoms with Gasteiger partial charge in [0.15, 0.2) is 5.76 Å². The average molecular weight is 356 g/mol. The zero-order valence-electron chi connectivity index (χ0n) is 14.5. The van der Waals surface area contributed by atoms with E-state index in [9.17, 15) is 20.1 Å². The maximum absolute atomic E-state index is 12.6. The summed E-state index contributed by atoms with van der Waals surface area (Å²) >= 11 is 0. The van der Waals surface area contributed by atoms with Crippen LogP contribution in [0.1, 0.15) is 25.8 Å². The molecule has 1 aromatic carbocycles. The Balaban J connectivity index is 2.31. The summed E-state index contributed by atoms with van der Waals surface area (Å²) in [5, 5.41) is 30.5. The Hall–Kier alpha value is -3.06. The molecule has 7 nitrogen and oxygen atoms in total. The van der Waals surface area contributed by atoms with Crippen molar-refractivity contribution in [1.82, 2.24) is 4.98 Å². The number of hydrogen-bond acceptors (Lipinski definition) is 7. The van der Waals surface area contributed by atoms with E-state index in [1.807, 2.05) is 13.8 Å². The number of fused-ring (bicyclic) bond motifs is 1. The summed E-state index contributed by atoms with van der Waals surface area (Å²) in [6.45, 7) is 3.69. The van der Waals surface area contributed by atoms with Crippen LogP contribution in [0.25, 0.3) is 22.3 Å². The molecule has 0 atom stereocenters. The summed E-state index contributed by atoms with van der Waals surface area (Å²) in [5.41, 5.74) is 5.50. The molecular formula is C19H20N2O5. The Bertz CT molecular complexity index is 1020. The van der Waals surface area contributed by atoms with Crippen molar-refractivity contribution in [2.24, 2.45) is 5.73 Å². The van der Waals surface area contributed by atoms with E-state index in [0.717, 1.165) is 6.07 Å². The lowest BCUT2D eigenvalue weighted by atomic mass is 9.94. The molecule has 0 radical (unpaired) electrons. The molecule has 0 bridgehead atoms. The zero-order chi connectivity index (χ0) is 19.1. The van der Waals surface area contributed by atoms with Crippen LogP contribution in [-0.4, -0.2) is 25.8 Å². The van der Waals surface area contributed by atoms with Gasteiger partial charge in [-0.25, -0.2) is 0 Å². The van der Waals surface area contributed by atoms with E-state index in [-0.39, 0.29) is 22.5 Å². The minimum atomic E-state index is -0.782. The molecule has 0 saturated carbocycles. The SMILES string of the molecule is CC(C)(N)CCc1c(O)cc(O)c2c(=O)c(O)c(-c3cccnc3)oc12. The van der Waals surface area contributed by atoms with E-state index in [0.29, 0.717) is 24.0 Å². The molecule has 3 rings (SSSR count). The van der Waals surface area contributed by atoms with Crippen LogP contribution in [0.5, 0.6) is 17.2 Å². The Kier molecular flexibility index (Phi) is 4.33. The standard InChI is InChI=1S/C19H20N2O5/c1-19(2,20)6-5-11-12(22)8-13(23)14-15(24)16(25)17(26-18(11)14)10-4-3-7-21-9-10/h3-4,7-9,22-23,25H,5-6,20H2,1-2H3. The Morgan fingerprint density at radius 3 is 2.58 bits per heavy atom. The second-order valence-electron chi connectivity index (χ2n) is 6.94. The number of aromatic hydroxyl groups is 3. The topological polar surface area (TPSA) is 130 Å². The quantitative estimate of drug-likeness (QED) is 0.565.